The largest absolute Gasteiger partial charge is 0.453 e. The van der Waals surface area contributed by atoms with Gasteiger partial charge in [0.15, 0.2) is 5.75 Å². The molecule has 51 heavy (non-hydrogen) atoms. The topological polar surface area (TPSA) is 58.6 Å². The summed E-state index contributed by atoms with van der Waals surface area (Å²) in [4.78, 5) is 27.2. The molecule has 2 aliphatic carbocycles. The van der Waals surface area contributed by atoms with E-state index in [1.165, 1.54) is 93.4 Å². The van der Waals surface area contributed by atoms with Crippen LogP contribution in [0, 0.1) is 30.0 Å². The van der Waals surface area contributed by atoms with Crippen molar-refractivity contribution in [2.24, 2.45) is 17.3 Å². The standard InChI is InChI=1S/C44H59FN4O2/c1-30(2)49(31(3)4)43(50)39-26-38(45)15-16-40(39)51-41-27-46-29-47-42(41)36-11-8-10-34(13-14-36)28-48-23-21-44(22-24-48)19-17-35(18-20-44)33(6)37-12-7-9-32(5)25-37/h7,9,12,15-16,25-27,29-31,34-36H,6,8,10-11,13-14,17-24,28H2,1-5H3/t34-,36?/m0/s1. The van der Waals surface area contributed by atoms with Crippen LogP contribution < -0.4 is 4.74 Å². The molecule has 3 fully saturated rings. The number of ether oxygens (including phenoxy) is 1. The average molecular weight is 695 g/mol. The van der Waals surface area contributed by atoms with Gasteiger partial charge in [-0.2, -0.15) is 0 Å². The normalized spacial score (nSPS) is 21.5. The van der Waals surface area contributed by atoms with Crippen molar-refractivity contribution >= 4 is 11.5 Å². The van der Waals surface area contributed by atoms with E-state index >= 15 is 0 Å². The van der Waals surface area contributed by atoms with E-state index in [2.05, 4.69) is 47.7 Å². The van der Waals surface area contributed by atoms with Crippen molar-refractivity contribution < 1.29 is 13.9 Å². The number of halogens is 1. The molecule has 1 aliphatic heterocycles. The number of carbonyl (C=O) groups excluding carboxylic acids is 1. The van der Waals surface area contributed by atoms with Gasteiger partial charge in [0, 0.05) is 24.5 Å². The summed E-state index contributed by atoms with van der Waals surface area (Å²) in [7, 11) is 0. The maximum absolute atomic E-state index is 14.5. The van der Waals surface area contributed by atoms with Crippen LogP contribution in [0.1, 0.15) is 131 Å². The van der Waals surface area contributed by atoms with E-state index in [4.69, 9.17) is 9.72 Å². The first-order valence-electron chi connectivity index (χ1n) is 19.6. The van der Waals surface area contributed by atoms with Crippen LogP contribution in [0.4, 0.5) is 4.39 Å². The summed E-state index contributed by atoms with van der Waals surface area (Å²) >= 11 is 0. The number of allylic oxidation sites excluding steroid dienone is 1. The Morgan fingerprint density at radius 3 is 2.41 bits per heavy atom. The molecule has 0 bridgehead atoms. The predicted octanol–water partition coefficient (Wildman–Crippen LogP) is 10.6. The number of rotatable bonds is 10. The molecular weight excluding hydrogens is 636 g/mol. The van der Waals surface area contributed by atoms with E-state index in [-0.39, 0.29) is 29.5 Å². The summed E-state index contributed by atoms with van der Waals surface area (Å²) in [5, 5.41) is 0. The van der Waals surface area contributed by atoms with Gasteiger partial charge in [-0.3, -0.25) is 4.79 Å². The highest BCUT2D eigenvalue weighted by molar-refractivity contribution is 5.97. The number of benzene rings is 2. The van der Waals surface area contributed by atoms with Gasteiger partial charge in [0.25, 0.3) is 5.91 Å². The molecule has 7 heteroatoms. The van der Waals surface area contributed by atoms with Crippen LogP contribution in [-0.4, -0.2) is 57.4 Å². The molecule has 0 N–H and O–H groups in total. The molecule has 1 unspecified atom stereocenters. The summed E-state index contributed by atoms with van der Waals surface area (Å²) in [5.41, 5.74) is 5.61. The van der Waals surface area contributed by atoms with Gasteiger partial charge in [-0.25, -0.2) is 14.4 Å². The van der Waals surface area contributed by atoms with Crippen LogP contribution in [0.5, 0.6) is 11.5 Å². The Hall–Kier alpha value is -3.58. The third-order valence-corrected chi connectivity index (χ3v) is 12.3. The van der Waals surface area contributed by atoms with E-state index < -0.39 is 5.82 Å². The van der Waals surface area contributed by atoms with Crippen molar-refractivity contribution in [2.45, 2.75) is 123 Å². The number of hydrogen-bond acceptors (Lipinski definition) is 5. The number of likely N-dealkylation sites (tertiary alicyclic amines) is 1. The van der Waals surface area contributed by atoms with Crippen molar-refractivity contribution in [3.05, 3.63) is 89.8 Å². The third-order valence-electron chi connectivity index (χ3n) is 12.3. The second-order valence-electron chi connectivity index (χ2n) is 16.5. The van der Waals surface area contributed by atoms with Crippen LogP contribution in [-0.2, 0) is 0 Å². The Morgan fingerprint density at radius 2 is 1.71 bits per heavy atom. The molecule has 0 radical (unpaired) electrons. The number of piperidine rings is 1. The Bertz CT molecular complexity index is 1640. The molecular formula is C44H59FN4O2. The molecule has 1 amide bonds. The van der Waals surface area contributed by atoms with E-state index in [1.807, 2.05) is 27.7 Å². The molecule has 3 aromatic rings. The fourth-order valence-corrected chi connectivity index (χ4v) is 9.36. The van der Waals surface area contributed by atoms with Gasteiger partial charge in [-0.05, 0) is 159 Å². The second kappa shape index (κ2) is 16.4. The fourth-order valence-electron chi connectivity index (χ4n) is 9.36. The molecule has 1 spiro atoms. The van der Waals surface area contributed by atoms with Crippen LogP contribution in [0.15, 0.2) is 61.6 Å². The average Bonchev–Trinajstić information content (AvgIpc) is 3.35. The zero-order valence-electron chi connectivity index (χ0n) is 31.7. The molecule has 274 valence electrons. The smallest absolute Gasteiger partial charge is 0.258 e. The summed E-state index contributed by atoms with van der Waals surface area (Å²) in [6.07, 6.45) is 16.8. The van der Waals surface area contributed by atoms with Crippen LogP contribution in [0.25, 0.3) is 5.57 Å². The first-order valence-corrected chi connectivity index (χ1v) is 19.6. The van der Waals surface area contributed by atoms with Crippen molar-refractivity contribution in [1.82, 2.24) is 19.8 Å². The molecule has 1 aromatic heterocycles. The van der Waals surface area contributed by atoms with Crippen molar-refractivity contribution in [1.29, 1.82) is 0 Å². The maximum atomic E-state index is 14.5. The summed E-state index contributed by atoms with van der Waals surface area (Å²) in [5.74, 6) is 1.74. The minimum Gasteiger partial charge on any atom is -0.453 e. The second-order valence-corrected chi connectivity index (χ2v) is 16.5. The molecule has 2 saturated carbocycles. The van der Waals surface area contributed by atoms with Crippen LogP contribution in [0.2, 0.25) is 0 Å². The Morgan fingerprint density at radius 1 is 0.961 bits per heavy atom. The number of aromatic nitrogens is 2. The molecule has 6 nitrogen and oxygen atoms in total. The van der Waals surface area contributed by atoms with Crippen LogP contribution >= 0.6 is 0 Å². The molecule has 1 saturated heterocycles. The number of hydrogen-bond donors (Lipinski definition) is 0. The van der Waals surface area contributed by atoms with Gasteiger partial charge in [0.2, 0.25) is 0 Å². The third kappa shape index (κ3) is 8.90. The number of aryl methyl sites for hydroxylation is 1. The van der Waals surface area contributed by atoms with Crippen LogP contribution in [0.3, 0.4) is 0 Å². The highest BCUT2D eigenvalue weighted by atomic mass is 19.1. The Balaban J connectivity index is 1.03. The fraction of sp³-hybridized carbons (Fsp3) is 0.568. The Kier molecular flexibility index (Phi) is 12.0. The number of carbonyl (C=O) groups is 1. The van der Waals surface area contributed by atoms with Crippen molar-refractivity contribution in [2.75, 3.05) is 19.6 Å². The van der Waals surface area contributed by atoms with Gasteiger partial charge < -0.3 is 14.5 Å². The van der Waals surface area contributed by atoms with Crippen molar-refractivity contribution in [3.63, 3.8) is 0 Å². The Labute approximate surface area is 305 Å². The number of nitrogens with zero attached hydrogens (tertiary/aromatic N) is 4. The highest BCUT2D eigenvalue weighted by Crippen LogP contribution is 2.49. The minimum absolute atomic E-state index is 0.0373. The predicted molar refractivity (Wildman–Crippen MR) is 205 cm³/mol. The maximum Gasteiger partial charge on any atom is 0.258 e. The van der Waals surface area contributed by atoms with Gasteiger partial charge in [0.05, 0.1) is 17.5 Å². The molecule has 3 aliphatic rings. The zero-order chi connectivity index (χ0) is 36.1. The lowest BCUT2D eigenvalue weighted by Gasteiger charge is -2.47. The van der Waals surface area contributed by atoms with E-state index in [9.17, 15) is 9.18 Å². The highest BCUT2D eigenvalue weighted by Gasteiger charge is 2.39. The summed E-state index contributed by atoms with van der Waals surface area (Å²) in [6, 6.07) is 13.0. The summed E-state index contributed by atoms with van der Waals surface area (Å²) < 4.78 is 20.9. The molecule has 2 atom stereocenters. The van der Waals surface area contributed by atoms with E-state index in [1.54, 1.807) is 23.5 Å². The minimum atomic E-state index is -0.464. The lowest BCUT2D eigenvalue weighted by Crippen LogP contribution is -2.43. The van der Waals surface area contributed by atoms with Gasteiger partial charge in [-0.1, -0.05) is 42.8 Å². The van der Waals surface area contributed by atoms with Gasteiger partial charge in [0.1, 0.15) is 17.9 Å². The zero-order valence-corrected chi connectivity index (χ0v) is 31.7. The lowest BCUT2D eigenvalue weighted by molar-refractivity contribution is 0.0512. The quantitative estimate of drug-likeness (QED) is 0.198. The first-order chi connectivity index (χ1) is 24.5. The summed E-state index contributed by atoms with van der Waals surface area (Å²) in [6.45, 7) is 18.2. The van der Waals surface area contributed by atoms with Crippen molar-refractivity contribution in [3.8, 4) is 11.5 Å². The molecule has 2 aromatic carbocycles. The van der Waals surface area contributed by atoms with Gasteiger partial charge >= 0.3 is 0 Å². The lowest BCUT2D eigenvalue weighted by atomic mass is 9.64. The monoisotopic (exact) mass is 694 g/mol. The molecule has 2 heterocycles. The first kappa shape index (κ1) is 37.2. The van der Waals surface area contributed by atoms with Gasteiger partial charge in [-0.15, -0.1) is 0 Å². The number of amides is 1. The molecule has 6 rings (SSSR count). The van der Waals surface area contributed by atoms with E-state index in [0.717, 1.165) is 31.4 Å². The SMILES string of the molecule is C=C(c1cccc(C)c1)C1CCC2(CC1)CCN(C[C@H]1CCCC(c3ncncc3Oc3ccc(F)cc3C(=O)N(C(C)C)C(C)C)CC1)CC2. The van der Waals surface area contributed by atoms with E-state index in [0.29, 0.717) is 28.7 Å².